The molecular formula is C20H14ClNO3S. The van der Waals surface area contributed by atoms with Crippen LogP contribution in [-0.4, -0.2) is 5.91 Å². The second-order valence-electron chi connectivity index (χ2n) is 6.02. The lowest BCUT2D eigenvalue weighted by molar-refractivity contribution is 0.0955. The van der Waals surface area contributed by atoms with Crippen molar-refractivity contribution in [2.24, 2.45) is 0 Å². The minimum atomic E-state index is -0.433. The van der Waals surface area contributed by atoms with E-state index in [-0.39, 0.29) is 5.91 Å². The fourth-order valence-corrected chi connectivity index (χ4v) is 4.11. The van der Waals surface area contributed by atoms with Crippen LogP contribution >= 0.6 is 22.9 Å². The van der Waals surface area contributed by atoms with Crippen molar-refractivity contribution in [1.82, 2.24) is 5.32 Å². The first-order valence-corrected chi connectivity index (χ1v) is 9.21. The molecule has 1 amide bonds. The van der Waals surface area contributed by atoms with Gasteiger partial charge in [-0.25, -0.2) is 4.79 Å². The molecule has 4 nitrogen and oxygen atoms in total. The molecule has 0 aliphatic rings. The van der Waals surface area contributed by atoms with Crippen LogP contribution in [0, 0.1) is 6.92 Å². The number of amides is 1. The summed E-state index contributed by atoms with van der Waals surface area (Å²) in [5, 5.41) is 4.72. The molecule has 0 spiro atoms. The molecule has 0 saturated heterocycles. The van der Waals surface area contributed by atoms with Crippen molar-refractivity contribution >= 4 is 49.9 Å². The minimum Gasteiger partial charge on any atom is -0.422 e. The summed E-state index contributed by atoms with van der Waals surface area (Å²) in [4.78, 5) is 25.2. The Balaban J connectivity index is 1.71. The molecule has 2 aromatic heterocycles. The monoisotopic (exact) mass is 383 g/mol. The van der Waals surface area contributed by atoms with Gasteiger partial charge in [-0.3, -0.25) is 4.79 Å². The molecule has 6 heteroatoms. The van der Waals surface area contributed by atoms with E-state index in [0.717, 1.165) is 21.2 Å². The van der Waals surface area contributed by atoms with Gasteiger partial charge in [0.1, 0.15) is 5.58 Å². The highest BCUT2D eigenvalue weighted by molar-refractivity contribution is 7.21. The number of carbonyl (C=O) groups excluding carboxylic acids is 1. The molecule has 1 N–H and O–H groups in total. The lowest BCUT2D eigenvalue weighted by Crippen LogP contribution is -2.21. The highest BCUT2D eigenvalue weighted by Gasteiger charge is 2.16. The van der Waals surface area contributed by atoms with Gasteiger partial charge in [0.05, 0.1) is 15.0 Å². The number of carbonyl (C=O) groups is 1. The Bertz CT molecular complexity index is 1210. The number of fused-ring (bicyclic) bond motifs is 3. The maximum Gasteiger partial charge on any atom is 0.345 e. The smallest absolute Gasteiger partial charge is 0.345 e. The number of aryl methyl sites for hydroxylation is 1. The molecule has 0 radical (unpaired) electrons. The summed E-state index contributed by atoms with van der Waals surface area (Å²) < 4.78 is 6.14. The Hall–Kier alpha value is -2.63. The molecule has 130 valence electrons. The molecule has 2 heterocycles. The maximum atomic E-state index is 12.5. The van der Waals surface area contributed by atoms with E-state index in [0.29, 0.717) is 27.4 Å². The van der Waals surface area contributed by atoms with E-state index in [4.69, 9.17) is 16.0 Å². The highest BCUT2D eigenvalue weighted by atomic mass is 35.5. The van der Waals surface area contributed by atoms with E-state index in [2.05, 4.69) is 5.32 Å². The van der Waals surface area contributed by atoms with Gasteiger partial charge in [0, 0.05) is 17.0 Å². The van der Waals surface area contributed by atoms with Gasteiger partial charge in [-0.2, -0.15) is 0 Å². The summed E-state index contributed by atoms with van der Waals surface area (Å²) in [6.07, 6.45) is 0. The van der Waals surface area contributed by atoms with Crippen molar-refractivity contribution in [3.63, 3.8) is 0 Å². The lowest BCUT2D eigenvalue weighted by atomic mass is 10.1. The van der Waals surface area contributed by atoms with E-state index in [1.807, 2.05) is 37.3 Å². The van der Waals surface area contributed by atoms with Gasteiger partial charge in [-0.15, -0.1) is 11.3 Å². The van der Waals surface area contributed by atoms with Crippen LogP contribution in [0.25, 0.3) is 21.1 Å². The van der Waals surface area contributed by atoms with Crippen LogP contribution in [0.15, 0.2) is 57.7 Å². The second kappa shape index (κ2) is 6.59. The summed E-state index contributed by atoms with van der Waals surface area (Å²) in [6, 6.07) is 14.6. The molecule has 0 aliphatic heterocycles. The van der Waals surface area contributed by atoms with Gasteiger partial charge in [0.15, 0.2) is 0 Å². The Morgan fingerprint density at radius 1 is 1.15 bits per heavy atom. The van der Waals surface area contributed by atoms with Gasteiger partial charge in [0.25, 0.3) is 5.91 Å². The summed E-state index contributed by atoms with van der Waals surface area (Å²) in [5.41, 5.74) is 1.99. The number of hydrogen-bond donors (Lipinski definition) is 1. The largest absolute Gasteiger partial charge is 0.422 e. The topological polar surface area (TPSA) is 59.3 Å². The molecule has 0 aliphatic carbocycles. The molecule has 0 bridgehead atoms. The van der Waals surface area contributed by atoms with Gasteiger partial charge in [0.2, 0.25) is 0 Å². The Kier molecular flexibility index (Phi) is 4.26. The number of rotatable bonds is 3. The predicted octanol–water partition coefficient (Wildman–Crippen LogP) is 4.90. The van der Waals surface area contributed by atoms with Gasteiger partial charge in [-0.1, -0.05) is 41.4 Å². The van der Waals surface area contributed by atoms with Crippen molar-refractivity contribution in [1.29, 1.82) is 0 Å². The summed E-state index contributed by atoms with van der Waals surface area (Å²) in [7, 11) is 0. The second-order valence-corrected chi connectivity index (χ2v) is 7.48. The molecule has 0 unspecified atom stereocenters. The normalized spacial score (nSPS) is 11.2. The number of thiophene rings is 1. The van der Waals surface area contributed by atoms with Crippen LogP contribution in [0.2, 0.25) is 5.02 Å². The van der Waals surface area contributed by atoms with Gasteiger partial charge in [-0.05, 0) is 36.8 Å². The molecule has 4 rings (SSSR count). The minimum absolute atomic E-state index is 0.244. The molecule has 0 atom stereocenters. The fraction of sp³-hybridized carbons (Fsp3) is 0.100. The number of halogens is 1. The van der Waals surface area contributed by atoms with Crippen LogP contribution in [-0.2, 0) is 6.54 Å². The van der Waals surface area contributed by atoms with Crippen molar-refractivity contribution in [2.45, 2.75) is 13.5 Å². The maximum absolute atomic E-state index is 12.5. The number of nitrogens with one attached hydrogen (secondary N) is 1. The first-order valence-electron chi connectivity index (χ1n) is 8.01. The average Bonchev–Trinajstić information content (AvgIpc) is 3.08. The third-order valence-corrected chi connectivity index (χ3v) is 5.69. The van der Waals surface area contributed by atoms with Gasteiger partial charge >= 0.3 is 5.63 Å². The zero-order valence-corrected chi connectivity index (χ0v) is 15.4. The molecule has 4 aromatic rings. The van der Waals surface area contributed by atoms with E-state index in [1.54, 1.807) is 18.2 Å². The van der Waals surface area contributed by atoms with Gasteiger partial charge < -0.3 is 9.73 Å². The van der Waals surface area contributed by atoms with E-state index >= 15 is 0 Å². The lowest BCUT2D eigenvalue weighted by Gasteiger charge is -2.05. The molecular weight excluding hydrogens is 370 g/mol. The Labute approximate surface area is 158 Å². The predicted molar refractivity (Wildman–Crippen MR) is 105 cm³/mol. The van der Waals surface area contributed by atoms with E-state index in [9.17, 15) is 9.59 Å². The fourth-order valence-electron chi connectivity index (χ4n) is 2.82. The first-order chi connectivity index (χ1) is 12.5. The van der Waals surface area contributed by atoms with E-state index < -0.39 is 5.63 Å². The summed E-state index contributed by atoms with van der Waals surface area (Å²) >= 11 is 7.41. The molecule has 2 aromatic carbocycles. The van der Waals surface area contributed by atoms with Crippen LogP contribution in [0.4, 0.5) is 0 Å². The highest BCUT2D eigenvalue weighted by Crippen LogP contribution is 2.31. The zero-order valence-electron chi connectivity index (χ0n) is 13.8. The Morgan fingerprint density at radius 3 is 2.77 bits per heavy atom. The number of benzene rings is 2. The Morgan fingerprint density at radius 2 is 1.96 bits per heavy atom. The quantitative estimate of drug-likeness (QED) is 0.512. The molecule has 0 fully saturated rings. The first kappa shape index (κ1) is 16.8. The van der Waals surface area contributed by atoms with Crippen molar-refractivity contribution in [2.75, 3.05) is 0 Å². The van der Waals surface area contributed by atoms with Crippen LogP contribution in [0.1, 0.15) is 20.8 Å². The van der Waals surface area contributed by atoms with Crippen molar-refractivity contribution < 1.29 is 9.21 Å². The standard InChI is InChI=1S/C20H14ClNO3S/c1-11-6-7-16-13(8-11)18-14(20(24)25-16)9-17(26-18)19(23)22-10-12-4-2-3-5-15(12)21/h2-9H,10H2,1H3,(H,22,23). The van der Waals surface area contributed by atoms with Crippen LogP contribution in [0.5, 0.6) is 0 Å². The molecule has 26 heavy (non-hydrogen) atoms. The SMILES string of the molecule is Cc1ccc2oc(=O)c3cc(C(=O)NCc4ccccc4Cl)sc3c2c1. The number of hydrogen-bond acceptors (Lipinski definition) is 4. The van der Waals surface area contributed by atoms with Crippen molar-refractivity contribution in [3.05, 3.63) is 80.0 Å². The van der Waals surface area contributed by atoms with Crippen LogP contribution in [0.3, 0.4) is 0 Å². The zero-order chi connectivity index (χ0) is 18.3. The summed E-state index contributed by atoms with van der Waals surface area (Å²) in [6.45, 7) is 2.29. The van der Waals surface area contributed by atoms with E-state index in [1.165, 1.54) is 11.3 Å². The average molecular weight is 384 g/mol. The third kappa shape index (κ3) is 3.00. The summed E-state index contributed by atoms with van der Waals surface area (Å²) in [5.74, 6) is -0.244. The van der Waals surface area contributed by atoms with Crippen LogP contribution < -0.4 is 10.9 Å². The van der Waals surface area contributed by atoms with Crippen molar-refractivity contribution in [3.8, 4) is 0 Å². The molecule has 0 saturated carbocycles. The third-order valence-electron chi connectivity index (χ3n) is 4.16.